The first kappa shape index (κ1) is 17.9. The molecule has 108 valence electrons. The molecule has 7 heteroatoms. The maximum Gasteiger partial charge on any atom is 0.191 e. The second-order valence-electron chi connectivity index (χ2n) is 5.25. The Balaban J connectivity index is 0.00000289. The van der Waals surface area contributed by atoms with Crippen molar-refractivity contribution < 1.29 is 8.42 Å². The molecule has 1 aliphatic rings. The van der Waals surface area contributed by atoms with E-state index in [-0.39, 0.29) is 30.5 Å². The second kappa shape index (κ2) is 6.93. The molecule has 0 spiro atoms. The zero-order chi connectivity index (χ0) is 13.1. The van der Waals surface area contributed by atoms with Crippen LogP contribution >= 0.6 is 24.0 Å². The van der Waals surface area contributed by atoms with Crippen molar-refractivity contribution in [3.05, 3.63) is 0 Å². The van der Waals surface area contributed by atoms with Crippen LogP contribution < -0.4 is 5.73 Å². The Kier molecular flexibility index (Phi) is 6.91. The quantitative estimate of drug-likeness (QED) is 0.448. The van der Waals surface area contributed by atoms with Crippen LogP contribution in [0.3, 0.4) is 0 Å². The highest BCUT2D eigenvalue weighted by Crippen LogP contribution is 2.15. The van der Waals surface area contributed by atoms with E-state index in [1.807, 2.05) is 4.90 Å². The molecule has 0 aromatic heterocycles. The summed E-state index contributed by atoms with van der Waals surface area (Å²) in [6.07, 6.45) is 4.73. The number of nitrogens with two attached hydrogens (primary N) is 1. The summed E-state index contributed by atoms with van der Waals surface area (Å²) in [6, 6.07) is 0. The number of guanidine groups is 1. The molecular weight excluding hydrogens is 365 g/mol. The molecule has 0 aromatic rings. The van der Waals surface area contributed by atoms with Crippen LogP contribution in [0.2, 0.25) is 0 Å². The van der Waals surface area contributed by atoms with Gasteiger partial charge in [-0.15, -0.1) is 24.0 Å². The maximum atomic E-state index is 11.5. The van der Waals surface area contributed by atoms with Crippen LogP contribution in [-0.4, -0.2) is 49.9 Å². The molecule has 1 rings (SSSR count). The first-order valence-corrected chi connectivity index (χ1v) is 7.88. The van der Waals surface area contributed by atoms with Crippen molar-refractivity contribution in [2.24, 2.45) is 10.7 Å². The second-order valence-corrected chi connectivity index (χ2v) is 7.90. The number of hydrogen-bond donors (Lipinski definition) is 1. The van der Waals surface area contributed by atoms with Gasteiger partial charge in [0.1, 0.15) is 0 Å². The molecule has 1 aliphatic heterocycles. The Labute approximate surface area is 127 Å². The van der Waals surface area contributed by atoms with Gasteiger partial charge in [0, 0.05) is 19.3 Å². The minimum atomic E-state index is -3.11. The van der Waals surface area contributed by atoms with E-state index in [1.165, 1.54) is 12.7 Å². The van der Waals surface area contributed by atoms with E-state index >= 15 is 0 Å². The summed E-state index contributed by atoms with van der Waals surface area (Å²) in [6.45, 7) is 5.42. The molecule has 0 aromatic carbocycles. The largest absolute Gasteiger partial charge is 0.370 e. The highest BCUT2D eigenvalue weighted by Gasteiger charge is 2.30. The number of likely N-dealkylation sites (tertiary alicyclic amines) is 1. The van der Waals surface area contributed by atoms with Gasteiger partial charge in [-0.3, -0.25) is 4.99 Å². The minimum Gasteiger partial charge on any atom is -0.370 e. The van der Waals surface area contributed by atoms with Gasteiger partial charge in [-0.05, 0) is 33.1 Å². The molecule has 0 bridgehead atoms. The van der Waals surface area contributed by atoms with E-state index in [4.69, 9.17) is 5.73 Å². The average Bonchev–Trinajstić information content (AvgIpc) is 2.25. The molecule has 18 heavy (non-hydrogen) atoms. The van der Waals surface area contributed by atoms with Crippen molar-refractivity contribution in [1.29, 1.82) is 0 Å². The fourth-order valence-corrected chi connectivity index (χ4v) is 1.91. The summed E-state index contributed by atoms with van der Waals surface area (Å²) >= 11 is 0. The summed E-state index contributed by atoms with van der Waals surface area (Å²) < 4.78 is 22.2. The van der Waals surface area contributed by atoms with Gasteiger partial charge < -0.3 is 10.6 Å². The third kappa shape index (κ3) is 4.91. The molecular formula is C11H24IN3O2S. The SMILES string of the molecule is CC(C)(CN=C(N)N1CCCCC1)S(C)(=O)=O.I. The highest BCUT2D eigenvalue weighted by molar-refractivity contribution is 14.0. The first-order chi connectivity index (χ1) is 7.74. The van der Waals surface area contributed by atoms with Gasteiger partial charge in [-0.1, -0.05) is 0 Å². The summed E-state index contributed by atoms with van der Waals surface area (Å²) in [5.41, 5.74) is 5.88. The van der Waals surface area contributed by atoms with Crippen molar-refractivity contribution in [2.75, 3.05) is 25.9 Å². The van der Waals surface area contributed by atoms with E-state index < -0.39 is 14.6 Å². The average molecular weight is 389 g/mol. The third-order valence-electron chi connectivity index (χ3n) is 3.31. The molecule has 0 aliphatic carbocycles. The van der Waals surface area contributed by atoms with Crippen molar-refractivity contribution in [3.8, 4) is 0 Å². The summed E-state index contributed by atoms with van der Waals surface area (Å²) in [5.74, 6) is 0.474. The van der Waals surface area contributed by atoms with Gasteiger partial charge in [0.25, 0.3) is 0 Å². The minimum absolute atomic E-state index is 0. The number of hydrogen-bond acceptors (Lipinski definition) is 3. The van der Waals surface area contributed by atoms with Crippen molar-refractivity contribution in [3.63, 3.8) is 0 Å². The first-order valence-electron chi connectivity index (χ1n) is 5.98. The molecule has 1 heterocycles. The highest BCUT2D eigenvalue weighted by atomic mass is 127. The number of nitrogens with zero attached hydrogens (tertiary/aromatic N) is 2. The lowest BCUT2D eigenvalue weighted by Crippen LogP contribution is -2.42. The number of aliphatic imine (C=N–C) groups is 1. The van der Waals surface area contributed by atoms with Crippen LogP contribution in [-0.2, 0) is 9.84 Å². The smallest absolute Gasteiger partial charge is 0.191 e. The topological polar surface area (TPSA) is 75.8 Å². The molecule has 1 saturated heterocycles. The molecule has 0 saturated carbocycles. The molecule has 0 unspecified atom stereocenters. The Morgan fingerprint density at radius 3 is 2.22 bits per heavy atom. The summed E-state index contributed by atoms with van der Waals surface area (Å²) in [4.78, 5) is 6.26. The molecule has 0 atom stereocenters. The predicted molar refractivity (Wildman–Crippen MR) is 86.3 cm³/mol. The Morgan fingerprint density at radius 2 is 1.78 bits per heavy atom. The number of sulfone groups is 1. The van der Waals surface area contributed by atoms with E-state index in [2.05, 4.69) is 4.99 Å². The number of rotatable bonds is 3. The molecule has 2 N–H and O–H groups in total. The summed E-state index contributed by atoms with van der Waals surface area (Å²) in [7, 11) is -3.11. The monoisotopic (exact) mass is 389 g/mol. The third-order valence-corrected chi connectivity index (χ3v) is 5.44. The number of halogens is 1. The van der Waals surface area contributed by atoms with Crippen LogP contribution in [0.5, 0.6) is 0 Å². The van der Waals surface area contributed by atoms with Crippen LogP contribution in [0, 0.1) is 0 Å². The Bertz CT molecular complexity index is 387. The summed E-state index contributed by atoms with van der Waals surface area (Å²) in [5, 5.41) is 0. The standard InChI is InChI=1S/C11H23N3O2S.HI/c1-11(2,17(3,15)16)9-13-10(12)14-7-5-4-6-8-14;/h4-9H2,1-3H3,(H2,12,13);1H. The Hall–Kier alpha value is -0.0500. The van der Waals surface area contributed by atoms with E-state index in [0.29, 0.717) is 5.96 Å². The Morgan fingerprint density at radius 1 is 1.28 bits per heavy atom. The van der Waals surface area contributed by atoms with Gasteiger partial charge in [0.05, 0.1) is 11.3 Å². The van der Waals surface area contributed by atoms with E-state index in [1.54, 1.807) is 13.8 Å². The van der Waals surface area contributed by atoms with Crippen LogP contribution in [0.25, 0.3) is 0 Å². The van der Waals surface area contributed by atoms with E-state index in [0.717, 1.165) is 25.9 Å². The van der Waals surface area contributed by atoms with Gasteiger partial charge in [-0.2, -0.15) is 0 Å². The van der Waals surface area contributed by atoms with Gasteiger partial charge in [0.15, 0.2) is 15.8 Å². The zero-order valence-electron chi connectivity index (χ0n) is 11.3. The fourth-order valence-electron chi connectivity index (χ4n) is 1.61. The van der Waals surface area contributed by atoms with Crippen molar-refractivity contribution in [2.45, 2.75) is 37.9 Å². The molecule has 1 fully saturated rings. The maximum absolute atomic E-state index is 11.5. The van der Waals surface area contributed by atoms with Crippen molar-refractivity contribution in [1.82, 2.24) is 4.90 Å². The lowest BCUT2D eigenvalue weighted by molar-refractivity contribution is 0.337. The fraction of sp³-hybridized carbons (Fsp3) is 0.909. The van der Waals surface area contributed by atoms with Crippen LogP contribution in [0.4, 0.5) is 0 Å². The lowest BCUT2D eigenvalue weighted by Gasteiger charge is -2.28. The van der Waals surface area contributed by atoms with Gasteiger partial charge in [-0.25, -0.2) is 8.42 Å². The molecule has 0 amide bonds. The normalized spacial score (nSPS) is 18.4. The zero-order valence-corrected chi connectivity index (χ0v) is 14.5. The van der Waals surface area contributed by atoms with Crippen molar-refractivity contribution >= 4 is 39.8 Å². The number of piperidine rings is 1. The lowest BCUT2D eigenvalue weighted by atomic mass is 10.1. The van der Waals surface area contributed by atoms with Gasteiger partial charge in [0.2, 0.25) is 0 Å². The molecule has 5 nitrogen and oxygen atoms in total. The van der Waals surface area contributed by atoms with E-state index in [9.17, 15) is 8.42 Å². The molecule has 0 radical (unpaired) electrons. The predicted octanol–water partition coefficient (Wildman–Crippen LogP) is 1.23. The van der Waals surface area contributed by atoms with Crippen LogP contribution in [0.15, 0.2) is 4.99 Å². The van der Waals surface area contributed by atoms with Gasteiger partial charge >= 0.3 is 0 Å². The van der Waals surface area contributed by atoms with Crippen LogP contribution in [0.1, 0.15) is 33.1 Å².